The second-order valence-corrected chi connectivity index (χ2v) is 4.81. The molecule has 0 unspecified atom stereocenters. The van der Waals surface area contributed by atoms with E-state index in [2.05, 4.69) is 19.2 Å². The van der Waals surface area contributed by atoms with Crippen LogP contribution in [-0.4, -0.2) is 5.78 Å². The summed E-state index contributed by atoms with van der Waals surface area (Å²) in [7, 11) is 0. The number of allylic oxidation sites excluding steroid dienone is 2. The third-order valence-electron chi connectivity index (χ3n) is 2.53. The second kappa shape index (κ2) is 6.99. The van der Waals surface area contributed by atoms with Gasteiger partial charge in [0.15, 0.2) is 0 Å². The number of hydrogen-bond donors (Lipinski definition) is 0. The molecular weight excluding hydrogens is 327 g/mol. The van der Waals surface area contributed by atoms with Crippen LogP contribution in [0.2, 0.25) is 0 Å². The van der Waals surface area contributed by atoms with Crippen molar-refractivity contribution in [1.82, 2.24) is 0 Å². The van der Waals surface area contributed by atoms with Crippen LogP contribution >= 0.6 is 0 Å². The number of carbonyl (C=O) groups is 1. The minimum absolute atomic E-state index is 0.0327. The molecule has 97 valence electrons. The zero-order valence-corrected chi connectivity index (χ0v) is 11.8. The first-order valence-electron chi connectivity index (χ1n) is 5.92. The Morgan fingerprint density at radius 3 is 2.11 bits per heavy atom. The van der Waals surface area contributed by atoms with Gasteiger partial charge in [0.05, 0.1) is 0 Å². The van der Waals surface area contributed by atoms with Gasteiger partial charge in [0.1, 0.15) is 0 Å². The van der Waals surface area contributed by atoms with Gasteiger partial charge in [-0.05, 0) is 0 Å². The van der Waals surface area contributed by atoms with E-state index in [0.29, 0.717) is 0 Å². The fourth-order valence-corrected chi connectivity index (χ4v) is 2.06. The van der Waals surface area contributed by atoms with Crippen LogP contribution in [0.15, 0.2) is 72.8 Å². The standard InChI is InChI=1S/C17H13O.Pd/c18-17(13-11-15-7-3-1-4-8-15)14-12-16-9-5-2-6-10-16;/h1-11,13-14H;. The van der Waals surface area contributed by atoms with E-state index >= 15 is 0 Å². The van der Waals surface area contributed by atoms with Crippen molar-refractivity contribution in [2.45, 2.75) is 0 Å². The summed E-state index contributed by atoms with van der Waals surface area (Å²) in [6.07, 6.45) is 4.98. The van der Waals surface area contributed by atoms with Gasteiger partial charge in [-0.15, -0.1) is 0 Å². The zero-order valence-electron chi connectivity index (χ0n) is 10.2. The van der Waals surface area contributed by atoms with E-state index in [9.17, 15) is 4.79 Å². The molecule has 0 radical (unpaired) electrons. The van der Waals surface area contributed by atoms with Crippen LogP contribution < -0.4 is 0 Å². The molecular formula is C17H13OPd. The SMILES string of the molecule is O=C(C=Cc1ccccc1)C=[C]([Pd])c1ccccc1. The summed E-state index contributed by atoms with van der Waals surface area (Å²) >= 11 is 3.12. The van der Waals surface area contributed by atoms with Gasteiger partial charge >= 0.3 is 124 Å². The summed E-state index contributed by atoms with van der Waals surface area (Å²) in [5.74, 6) is -0.0327. The van der Waals surface area contributed by atoms with Crippen molar-refractivity contribution >= 4 is 15.9 Å². The fraction of sp³-hybridized carbons (Fsp3) is 0. The first kappa shape index (κ1) is 13.7. The first-order valence-corrected chi connectivity index (χ1v) is 6.70. The molecule has 0 aliphatic carbocycles. The third kappa shape index (κ3) is 4.45. The summed E-state index contributed by atoms with van der Waals surface area (Å²) in [5.41, 5.74) is 2.02. The Labute approximate surface area is 124 Å². The quantitative estimate of drug-likeness (QED) is 0.611. The minimum atomic E-state index is -0.0327. The molecule has 0 bridgehead atoms. The molecule has 0 atom stereocenters. The van der Waals surface area contributed by atoms with E-state index in [1.165, 1.54) is 0 Å². The topological polar surface area (TPSA) is 17.1 Å². The zero-order chi connectivity index (χ0) is 13.5. The predicted octanol–water partition coefficient (Wildman–Crippen LogP) is 3.86. The van der Waals surface area contributed by atoms with Gasteiger partial charge in [-0.3, -0.25) is 0 Å². The fourth-order valence-electron chi connectivity index (χ4n) is 1.58. The number of benzene rings is 2. The van der Waals surface area contributed by atoms with E-state index in [1.807, 2.05) is 66.7 Å². The third-order valence-corrected chi connectivity index (χ3v) is 3.20. The molecule has 0 saturated carbocycles. The maximum atomic E-state index is 11.8. The maximum absolute atomic E-state index is 11.8. The van der Waals surface area contributed by atoms with Crippen molar-refractivity contribution in [1.29, 1.82) is 0 Å². The Kier molecular flexibility index (Phi) is 5.03. The number of carbonyl (C=O) groups excluding carboxylic acids is 1. The number of ketones is 1. The Hall–Kier alpha value is -1.75. The summed E-state index contributed by atoms with van der Waals surface area (Å²) in [4.78, 5) is 11.8. The molecule has 0 aliphatic heterocycles. The molecule has 0 saturated heterocycles. The molecule has 1 nitrogen and oxygen atoms in total. The van der Waals surface area contributed by atoms with E-state index < -0.39 is 0 Å². The molecule has 0 amide bonds. The molecule has 0 N–H and O–H groups in total. The monoisotopic (exact) mass is 339 g/mol. The molecule has 2 aromatic carbocycles. The molecule has 0 spiro atoms. The Morgan fingerprint density at radius 1 is 0.895 bits per heavy atom. The van der Waals surface area contributed by atoms with Crippen LogP contribution in [0.25, 0.3) is 10.1 Å². The Balaban J connectivity index is 2.07. The molecule has 2 aromatic rings. The van der Waals surface area contributed by atoms with Crippen molar-refractivity contribution in [3.05, 3.63) is 83.9 Å². The molecule has 2 rings (SSSR count). The summed E-state index contributed by atoms with van der Waals surface area (Å²) in [5, 5.41) is 0. The normalized spacial score (nSPS) is 11.8. The van der Waals surface area contributed by atoms with Crippen LogP contribution in [0, 0.1) is 0 Å². The summed E-state index contributed by atoms with van der Waals surface area (Å²) in [6, 6.07) is 19.5. The summed E-state index contributed by atoms with van der Waals surface area (Å²) < 4.78 is 0.825. The average Bonchev–Trinajstić information content (AvgIpc) is 2.47. The van der Waals surface area contributed by atoms with E-state index in [4.69, 9.17) is 0 Å². The van der Waals surface area contributed by atoms with Crippen LogP contribution in [0.4, 0.5) is 0 Å². The van der Waals surface area contributed by atoms with E-state index in [0.717, 1.165) is 15.2 Å². The van der Waals surface area contributed by atoms with Crippen LogP contribution in [0.3, 0.4) is 0 Å². The van der Waals surface area contributed by atoms with Crippen molar-refractivity contribution in [2.24, 2.45) is 0 Å². The molecule has 0 aromatic heterocycles. The van der Waals surface area contributed by atoms with Crippen molar-refractivity contribution in [3.8, 4) is 0 Å². The summed E-state index contributed by atoms with van der Waals surface area (Å²) in [6.45, 7) is 0. The van der Waals surface area contributed by atoms with E-state index in [-0.39, 0.29) is 5.78 Å². The molecule has 2 heteroatoms. The average molecular weight is 340 g/mol. The van der Waals surface area contributed by atoms with Crippen molar-refractivity contribution < 1.29 is 24.0 Å². The van der Waals surface area contributed by atoms with Crippen molar-refractivity contribution in [3.63, 3.8) is 0 Å². The van der Waals surface area contributed by atoms with Gasteiger partial charge < -0.3 is 0 Å². The molecule has 0 fully saturated rings. The van der Waals surface area contributed by atoms with Gasteiger partial charge in [-0.25, -0.2) is 0 Å². The van der Waals surface area contributed by atoms with Gasteiger partial charge in [0, 0.05) is 0 Å². The van der Waals surface area contributed by atoms with Gasteiger partial charge in [0.2, 0.25) is 0 Å². The van der Waals surface area contributed by atoms with Gasteiger partial charge in [-0.2, -0.15) is 0 Å². The molecule has 19 heavy (non-hydrogen) atoms. The predicted molar refractivity (Wildman–Crippen MR) is 74.9 cm³/mol. The Morgan fingerprint density at radius 2 is 1.47 bits per heavy atom. The number of hydrogen-bond acceptors (Lipinski definition) is 1. The van der Waals surface area contributed by atoms with Crippen LogP contribution in [0.5, 0.6) is 0 Å². The van der Waals surface area contributed by atoms with Gasteiger partial charge in [0.25, 0.3) is 0 Å². The molecule has 0 heterocycles. The van der Waals surface area contributed by atoms with Crippen LogP contribution in [0.1, 0.15) is 11.1 Å². The molecule has 0 aliphatic rings. The first-order chi connectivity index (χ1) is 9.25. The second-order valence-electron chi connectivity index (χ2n) is 3.97. The number of rotatable bonds is 4. The van der Waals surface area contributed by atoms with Gasteiger partial charge in [-0.1, -0.05) is 0 Å². The van der Waals surface area contributed by atoms with Crippen LogP contribution in [-0.2, 0) is 24.0 Å². The van der Waals surface area contributed by atoms with Crippen molar-refractivity contribution in [2.75, 3.05) is 0 Å². The Bertz CT molecular complexity index is 598. The van der Waals surface area contributed by atoms with E-state index in [1.54, 1.807) is 12.2 Å².